The number of hydrogen-bond donors (Lipinski definition) is 2. The van der Waals surface area contributed by atoms with Gasteiger partial charge in [-0.05, 0) is 42.7 Å². The van der Waals surface area contributed by atoms with Crippen molar-refractivity contribution in [3.8, 4) is 5.75 Å². The molecule has 186 valence electrons. The van der Waals surface area contributed by atoms with Crippen LogP contribution in [0.1, 0.15) is 40.4 Å². The third-order valence-corrected chi connectivity index (χ3v) is 6.24. The van der Waals surface area contributed by atoms with Crippen LogP contribution in [-0.2, 0) is 11.8 Å². The molecule has 0 radical (unpaired) electrons. The molecule has 36 heavy (non-hydrogen) atoms. The predicted octanol–water partition coefficient (Wildman–Crippen LogP) is 3.62. The molecule has 2 aromatic heterocycles. The van der Waals surface area contributed by atoms with Crippen molar-refractivity contribution in [2.24, 2.45) is 7.05 Å². The van der Waals surface area contributed by atoms with Crippen molar-refractivity contribution in [2.45, 2.75) is 24.9 Å². The van der Waals surface area contributed by atoms with E-state index in [2.05, 4.69) is 25.7 Å². The summed E-state index contributed by atoms with van der Waals surface area (Å²) in [6.45, 7) is 1.43. The number of aryl methyl sites for hydroxylation is 1. The molecule has 9 nitrogen and oxygen atoms in total. The second-order valence-electron chi connectivity index (χ2n) is 8.75. The highest BCUT2D eigenvalue weighted by molar-refractivity contribution is 5.98. The fourth-order valence-electron chi connectivity index (χ4n) is 4.28. The number of nitrogens with zero attached hydrogens (tertiary/aromatic N) is 4. The van der Waals surface area contributed by atoms with Crippen molar-refractivity contribution >= 4 is 22.8 Å². The Morgan fingerprint density at radius 1 is 1.17 bits per heavy atom. The summed E-state index contributed by atoms with van der Waals surface area (Å²) in [6, 6.07) is 9.54. The third-order valence-electron chi connectivity index (χ3n) is 6.24. The van der Waals surface area contributed by atoms with E-state index in [0.29, 0.717) is 35.8 Å². The molecule has 3 heterocycles. The molecule has 0 aliphatic carbocycles. The Labute approximate surface area is 207 Å². The van der Waals surface area contributed by atoms with Gasteiger partial charge in [-0.15, -0.1) is 0 Å². The molecule has 5 rings (SSSR count). The molecule has 1 saturated heterocycles. The van der Waals surface area contributed by atoms with Crippen molar-refractivity contribution in [3.05, 3.63) is 77.5 Å². The minimum absolute atomic E-state index is 0.134. The SMILES string of the molecule is COc1ccc([C@H](NC(=O)c2ccc3cnc(NC4CCOCC4)nc3c2)c2cnn(C)c2)cc1F. The van der Waals surface area contributed by atoms with Gasteiger partial charge in [-0.1, -0.05) is 12.1 Å². The lowest BCUT2D eigenvalue weighted by Crippen LogP contribution is -2.29. The van der Waals surface area contributed by atoms with E-state index in [4.69, 9.17) is 9.47 Å². The molecule has 1 fully saturated rings. The summed E-state index contributed by atoms with van der Waals surface area (Å²) in [5.74, 6) is -0.173. The van der Waals surface area contributed by atoms with Gasteiger partial charge >= 0.3 is 0 Å². The van der Waals surface area contributed by atoms with Gasteiger partial charge in [0.15, 0.2) is 11.6 Å². The minimum atomic E-state index is -0.613. The lowest BCUT2D eigenvalue weighted by molar-refractivity contribution is 0.0903. The van der Waals surface area contributed by atoms with Crippen LogP contribution in [0.15, 0.2) is 55.0 Å². The number of amides is 1. The highest BCUT2D eigenvalue weighted by Crippen LogP contribution is 2.27. The number of fused-ring (bicyclic) bond motifs is 1. The molecular weight excluding hydrogens is 463 g/mol. The van der Waals surface area contributed by atoms with E-state index >= 15 is 0 Å². The van der Waals surface area contributed by atoms with Crippen LogP contribution in [0.4, 0.5) is 10.3 Å². The van der Waals surface area contributed by atoms with Crippen molar-refractivity contribution in [1.82, 2.24) is 25.1 Å². The lowest BCUT2D eigenvalue weighted by Gasteiger charge is -2.23. The van der Waals surface area contributed by atoms with Gasteiger partial charge in [0, 0.05) is 55.2 Å². The molecule has 1 aliphatic heterocycles. The number of carbonyl (C=O) groups is 1. The van der Waals surface area contributed by atoms with Crippen LogP contribution >= 0.6 is 0 Å². The summed E-state index contributed by atoms with van der Waals surface area (Å²) >= 11 is 0. The summed E-state index contributed by atoms with van der Waals surface area (Å²) in [6.07, 6.45) is 6.96. The molecule has 1 amide bonds. The number of anilines is 1. The maximum absolute atomic E-state index is 14.5. The average molecular weight is 491 g/mol. The van der Waals surface area contributed by atoms with Crippen molar-refractivity contribution in [2.75, 3.05) is 25.6 Å². The zero-order chi connectivity index (χ0) is 25.1. The van der Waals surface area contributed by atoms with Crippen LogP contribution in [0.5, 0.6) is 5.75 Å². The summed E-state index contributed by atoms with van der Waals surface area (Å²) in [7, 11) is 3.19. The van der Waals surface area contributed by atoms with Gasteiger partial charge in [0.1, 0.15) is 0 Å². The van der Waals surface area contributed by atoms with Crippen molar-refractivity contribution in [1.29, 1.82) is 0 Å². The smallest absolute Gasteiger partial charge is 0.252 e. The van der Waals surface area contributed by atoms with Crippen molar-refractivity contribution in [3.63, 3.8) is 0 Å². The molecule has 4 aromatic rings. The largest absolute Gasteiger partial charge is 0.494 e. The van der Waals surface area contributed by atoms with Crippen LogP contribution in [0.2, 0.25) is 0 Å². The van der Waals surface area contributed by atoms with E-state index in [-0.39, 0.29) is 17.7 Å². The molecule has 10 heteroatoms. The van der Waals surface area contributed by atoms with Crippen LogP contribution in [0, 0.1) is 5.82 Å². The van der Waals surface area contributed by atoms with E-state index in [1.54, 1.807) is 54.6 Å². The number of hydrogen-bond acceptors (Lipinski definition) is 7. The second kappa shape index (κ2) is 10.3. The summed E-state index contributed by atoms with van der Waals surface area (Å²) in [5.41, 5.74) is 2.38. The molecule has 1 atom stereocenters. The highest BCUT2D eigenvalue weighted by Gasteiger charge is 2.21. The standard InChI is InChI=1S/C26H27FN6O3/c1-33-15-19(14-29-33)24(16-5-6-23(35-2)21(27)11-16)32-25(34)17-3-4-18-13-28-26(31-22(18)12-17)30-20-7-9-36-10-8-20/h3-6,11-15,20,24H,7-10H2,1-2H3,(H,32,34)(H,28,30,31)/t24-/m0/s1. The molecular formula is C26H27FN6O3. The van der Waals surface area contributed by atoms with Crippen LogP contribution in [-0.4, -0.2) is 52.0 Å². The molecule has 2 aromatic carbocycles. The van der Waals surface area contributed by atoms with Gasteiger partial charge in [-0.25, -0.2) is 14.4 Å². The monoisotopic (exact) mass is 490 g/mol. The third kappa shape index (κ3) is 5.13. The van der Waals surface area contributed by atoms with Gasteiger partial charge in [0.05, 0.1) is 24.9 Å². The number of methoxy groups -OCH3 is 1. The van der Waals surface area contributed by atoms with E-state index in [0.717, 1.165) is 23.8 Å². The Morgan fingerprint density at radius 3 is 2.72 bits per heavy atom. The Bertz CT molecular complexity index is 1390. The average Bonchev–Trinajstić information content (AvgIpc) is 3.33. The van der Waals surface area contributed by atoms with Crippen LogP contribution < -0.4 is 15.4 Å². The normalized spacial score (nSPS) is 15.0. The second-order valence-corrected chi connectivity index (χ2v) is 8.75. The molecule has 0 unspecified atom stereocenters. The Morgan fingerprint density at radius 2 is 2.00 bits per heavy atom. The molecule has 1 aliphatic rings. The van der Waals surface area contributed by atoms with E-state index in [1.807, 2.05) is 6.07 Å². The summed E-state index contributed by atoms with van der Waals surface area (Å²) in [4.78, 5) is 22.4. The molecule has 0 saturated carbocycles. The minimum Gasteiger partial charge on any atom is -0.494 e. The van der Waals surface area contributed by atoms with E-state index < -0.39 is 11.9 Å². The zero-order valence-electron chi connectivity index (χ0n) is 20.1. The Hall–Kier alpha value is -4.05. The quantitative estimate of drug-likeness (QED) is 0.408. The van der Waals surface area contributed by atoms with E-state index in [1.165, 1.54) is 13.2 Å². The first-order valence-electron chi connectivity index (χ1n) is 11.7. The number of nitrogens with one attached hydrogen (secondary N) is 2. The van der Waals surface area contributed by atoms with Gasteiger partial charge in [-0.2, -0.15) is 5.10 Å². The van der Waals surface area contributed by atoms with Gasteiger partial charge in [0.25, 0.3) is 5.91 Å². The Balaban J connectivity index is 1.41. The van der Waals surface area contributed by atoms with E-state index in [9.17, 15) is 9.18 Å². The van der Waals surface area contributed by atoms with Gasteiger partial charge in [-0.3, -0.25) is 9.48 Å². The molecule has 0 spiro atoms. The number of ether oxygens (including phenoxy) is 2. The fourth-order valence-corrected chi connectivity index (χ4v) is 4.28. The van der Waals surface area contributed by atoms with Crippen molar-refractivity contribution < 1.29 is 18.7 Å². The first-order valence-corrected chi connectivity index (χ1v) is 11.7. The maximum Gasteiger partial charge on any atom is 0.252 e. The van der Waals surface area contributed by atoms with Gasteiger partial charge in [0.2, 0.25) is 5.95 Å². The van der Waals surface area contributed by atoms with Gasteiger partial charge < -0.3 is 20.1 Å². The lowest BCUT2D eigenvalue weighted by atomic mass is 10.0. The predicted molar refractivity (Wildman–Crippen MR) is 132 cm³/mol. The summed E-state index contributed by atoms with van der Waals surface area (Å²) in [5, 5.41) is 11.4. The number of aromatic nitrogens is 4. The Kier molecular flexibility index (Phi) is 6.77. The van der Waals surface area contributed by atoms with Crippen LogP contribution in [0.25, 0.3) is 10.9 Å². The number of halogens is 1. The van der Waals surface area contributed by atoms with Crippen LogP contribution in [0.3, 0.4) is 0 Å². The molecule has 0 bridgehead atoms. The first-order chi connectivity index (χ1) is 17.5. The summed E-state index contributed by atoms with van der Waals surface area (Å²) < 4.78 is 26.6. The number of rotatable bonds is 7. The number of benzene rings is 2. The zero-order valence-corrected chi connectivity index (χ0v) is 20.1. The highest BCUT2D eigenvalue weighted by atomic mass is 19.1. The molecule has 2 N–H and O–H groups in total. The number of carbonyl (C=O) groups excluding carboxylic acids is 1. The maximum atomic E-state index is 14.5. The topological polar surface area (TPSA) is 103 Å². The first kappa shape index (κ1) is 23.7. The fraction of sp³-hybridized carbons (Fsp3) is 0.308.